The number of nitrogens with zero attached hydrogens (tertiary/aromatic N) is 1. The van der Waals surface area contributed by atoms with E-state index in [2.05, 4.69) is 31.2 Å². The molecule has 34 heavy (non-hydrogen) atoms. The van der Waals surface area contributed by atoms with Crippen molar-refractivity contribution < 1.29 is 23.5 Å². The zero-order chi connectivity index (χ0) is 24.2. The van der Waals surface area contributed by atoms with E-state index < -0.39 is 23.8 Å². The van der Waals surface area contributed by atoms with E-state index >= 15 is 0 Å². The summed E-state index contributed by atoms with van der Waals surface area (Å²) in [4.78, 5) is 33.1. The van der Waals surface area contributed by atoms with Crippen molar-refractivity contribution in [3.63, 3.8) is 0 Å². The van der Waals surface area contributed by atoms with Crippen LogP contribution in [0.3, 0.4) is 0 Å². The van der Waals surface area contributed by atoms with Crippen LogP contribution in [0.1, 0.15) is 23.7 Å². The summed E-state index contributed by atoms with van der Waals surface area (Å²) in [6, 6.07) is 16.6. The summed E-state index contributed by atoms with van der Waals surface area (Å²) in [7, 11) is 1.60. The summed E-state index contributed by atoms with van der Waals surface area (Å²) in [5, 5.41) is 2.47. The Morgan fingerprint density at radius 2 is 1.88 bits per heavy atom. The predicted octanol–water partition coefficient (Wildman–Crippen LogP) is 5.71. The number of H-pyrrole nitrogens is 1. The molecule has 0 bridgehead atoms. The molecule has 4 rings (SSSR count). The highest BCUT2D eigenvalue weighted by Crippen LogP contribution is 2.24. The van der Waals surface area contributed by atoms with Gasteiger partial charge in [-0.2, -0.15) is 0 Å². The maximum absolute atomic E-state index is 14.0. The van der Waals surface area contributed by atoms with E-state index in [9.17, 15) is 14.0 Å². The Morgan fingerprint density at radius 1 is 1.12 bits per heavy atom. The Labute approximate surface area is 203 Å². The quantitative estimate of drug-likeness (QED) is 0.301. The average Bonchev–Trinajstić information content (AvgIpc) is 3.27. The van der Waals surface area contributed by atoms with Crippen LogP contribution in [0.25, 0.3) is 22.4 Å². The first-order chi connectivity index (χ1) is 16.4. The van der Waals surface area contributed by atoms with Crippen molar-refractivity contribution in [3.05, 3.63) is 76.5 Å². The fraction of sp³-hybridized carbons (Fsp3) is 0.160. The maximum atomic E-state index is 14.0. The van der Waals surface area contributed by atoms with Crippen LogP contribution in [-0.4, -0.2) is 35.1 Å². The van der Waals surface area contributed by atoms with Crippen LogP contribution in [0, 0.1) is 5.82 Å². The molecule has 0 spiro atoms. The number of ether oxygens (including phenoxy) is 2. The number of fused-ring (bicyclic) bond motifs is 1. The number of carbonyl (C=O) groups is 2. The standard InChI is InChI=1S/C25H21BrFN3O4/c1-3-22(24(31)30-19-11-7-16(26)13-18(19)27)34-25(32)15-6-10-20-21(12-15)29-23(28-20)14-4-8-17(33-2)9-5-14/h4-13,22H,3H2,1-2H3,(H,28,29)(H,30,31). The van der Waals surface area contributed by atoms with Gasteiger partial charge in [-0.05, 0) is 67.1 Å². The van der Waals surface area contributed by atoms with Gasteiger partial charge in [-0.1, -0.05) is 22.9 Å². The minimum Gasteiger partial charge on any atom is -0.497 e. The summed E-state index contributed by atoms with van der Waals surface area (Å²) in [6.45, 7) is 1.70. The Hall–Kier alpha value is -3.72. The molecule has 0 aliphatic rings. The van der Waals surface area contributed by atoms with Gasteiger partial charge in [-0.25, -0.2) is 14.2 Å². The number of esters is 1. The molecule has 1 atom stereocenters. The number of halogens is 2. The third-order valence-electron chi connectivity index (χ3n) is 5.18. The number of hydrogen-bond donors (Lipinski definition) is 2. The van der Waals surface area contributed by atoms with Crippen LogP contribution < -0.4 is 10.1 Å². The molecule has 7 nitrogen and oxygen atoms in total. The molecule has 4 aromatic rings. The lowest BCUT2D eigenvalue weighted by Gasteiger charge is -2.16. The van der Waals surface area contributed by atoms with Crippen molar-refractivity contribution in [1.82, 2.24) is 9.97 Å². The van der Waals surface area contributed by atoms with Crippen LogP contribution >= 0.6 is 15.9 Å². The monoisotopic (exact) mass is 525 g/mol. The van der Waals surface area contributed by atoms with Gasteiger partial charge in [0.25, 0.3) is 5.91 Å². The molecule has 1 amide bonds. The van der Waals surface area contributed by atoms with E-state index in [1.54, 1.807) is 38.3 Å². The lowest BCUT2D eigenvalue weighted by molar-refractivity contribution is -0.124. The van der Waals surface area contributed by atoms with Crippen LogP contribution in [0.5, 0.6) is 5.75 Å². The van der Waals surface area contributed by atoms with Gasteiger partial charge in [0.05, 0.1) is 29.4 Å². The van der Waals surface area contributed by atoms with Crippen molar-refractivity contribution in [3.8, 4) is 17.1 Å². The van der Waals surface area contributed by atoms with Crippen LogP contribution in [0.4, 0.5) is 10.1 Å². The Morgan fingerprint density at radius 3 is 2.56 bits per heavy atom. The first-order valence-electron chi connectivity index (χ1n) is 10.5. The topological polar surface area (TPSA) is 93.3 Å². The van der Waals surface area contributed by atoms with Crippen molar-refractivity contribution >= 4 is 44.5 Å². The zero-order valence-electron chi connectivity index (χ0n) is 18.4. The zero-order valence-corrected chi connectivity index (χ0v) is 20.0. The van der Waals surface area contributed by atoms with E-state index in [1.807, 2.05) is 24.3 Å². The number of benzene rings is 3. The van der Waals surface area contributed by atoms with Gasteiger partial charge in [0.2, 0.25) is 0 Å². The fourth-order valence-electron chi connectivity index (χ4n) is 3.35. The molecule has 174 valence electrons. The third-order valence-corrected chi connectivity index (χ3v) is 5.68. The highest BCUT2D eigenvalue weighted by molar-refractivity contribution is 9.10. The molecule has 0 saturated heterocycles. The smallest absolute Gasteiger partial charge is 0.338 e. The Kier molecular flexibility index (Phi) is 6.93. The van der Waals surface area contributed by atoms with Crippen molar-refractivity contribution in [2.45, 2.75) is 19.4 Å². The summed E-state index contributed by atoms with van der Waals surface area (Å²) < 4.78 is 25.2. The lowest BCUT2D eigenvalue weighted by atomic mass is 10.2. The number of imidazole rings is 1. The number of rotatable bonds is 7. The third kappa shape index (κ3) is 5.09. The predicted molar refractivity (Wildman–Crippen MR) is 130 cm³/mol. The Bertz CT molecular complexity index is 1350. The second-order valence-corrected chi connectivity index (χ2v) is 8.38. The SMILES string of the molecule is CCC(OC(=O)c1ccc2nc(-c3ccc(OC)cc3)[nH]c2c1)C(=O)Nc1ccc(Br)cc1F. The molecular formula is C25H21BrFN3O4. The summed E-state index contributed by atoms with van der Waals surface area (Å²) >= 11 is 3.17. The molecule has 0 aliphatic carbocycles. The first-order valence-corrected chi connectivity index (χ1v) is 11.3. The first kappa shape index (κ1) is 23.4. The van der Waals surface area contributed by atoms with Gasteiger partial charge in [0.1, 0.15) is 17.4 Å². The number of nitrogens with one attached hydrogen (secondary N) is 2. The van der Waals surface area contributed by atoms with E-state index in [1.165, 1.54) is 12.1 Å². The second kappa shape index (κ2) is 10.0. The molecule has 1 unspecified atom stereocenters. The number of carbonyl (C=O) groups excluding carboxylic acids is 2. The molecule has 3 aromatic carbocycles. The maximum Gasteiger partial charge on any atom is 0.338 e. The highest BCUT2D eigenvalue weighted by atomic mass is 79.9. The molecule has 2 N–H and O–H groups in total. The highest BCUT2D eigenvalue weighted by Gasteiger charge is 2.23. The molecule has 1 heterocycles. The van der Waals surface area contributed by atoms with Crippen LogP contribution in [0.15, 0.2) is 65.1 Å². The normalized spacial score (nSPS) is 11.8. The number of methoxy groups -OCH3 is 1. The van der Waals surface area contributed by atoms with E-state index in [-0.39, 0.29) is 17.7 Å². The number of aromatic amines is 1. The van der Waals surface area contributed by atoms with Crippen molar-refractivity contribution in [1.29, 1.82) is 0 Å². The Balaban J connectivity index is 1.49. The van der Waals surface area contributed by atoms with E-state index in [4.69, 9.17) is 9.47 Å². The molecule has 0 aliphatic heterocycles. The van der Waals surface area contributed by atoms with Gasteiger partial charge in [0.15, 0.2) is 6.10 Å². The molecule has 9 heteroatoms. The van der Waals surface area contributed by atoms with Crippen LogP contribution in [-0.2, 0) is 9.53 Å². The van der Waals surface area contributed by atoms with Crippen molar-refractivity contribution in [2.75, 3.05) is 12.4 Å². The molecule has 1 aromatic heterocycles. The largest absolute Gasteiger partial charge is 0.497 e. The summed E-state index contributed by atoms with van der Waals surface area (Å²) in [5.41, 5.74) is 2.46. The van der Waals surface area contributed by atoms with E-state index in [0.717, 1.165) is 11.3 Å². The van der Waals surface area contributed by atoms with Gasteiger partial charge in [0, 0.05) is 10.0 Å². The van der Waals surface area contributed by atoms with Gasteiger partial charge < -0.3 is 19.8 Å². The van der Waals surface area contributed by atoms with Gasteiger partial charge in [-0.3, -0.25) is 4.79 Å². The van der Waals surface area contributed by atoms with Crippen molar-refractivity contribution in [2.24, 2.45) is 0 Å². The fourth-order valence-corrected chi connectivity index (χ4v) is 3.68. The molecular weight excluding hydrogens is 505 g/mol. The minimum atomic E-state index is -1.08. The molecule has 0 fully saturated rings. The molecule has 0 radical (unpaired) electrons. The second-order valence-electron chi connectivity index (χ2n) is 7.46. The minimum absolute atomic E-state index is 0.00707. The number of hydrogen-bond acceptors (Lipinski definition) is 5. The van der Waals surface area contributed by atoms with Gasteiger partial charge >= 0.3 is 5.97 Å². The van der Waals surface area contributed by atoms with E-state index in [0.29, 0.717) is 21.3 Å². The van der Waals surface area contributed by atoms with Gasteiger partial charge in [-0.15, -0.1) is 0 Å². The lowest BCUT2D eigenvalue weighted by Crippen LogP contribution is -2.32. The average molecular weight is 526 g/mol. The summed E-state index contributed by atoms with van der Waals surface area (Å²) in [6.07, 6.45) is -0.855. The van der Waals surface area contributed by atoms with Crippen LogP contribution in [0.2, 0.25) is 0 Å². The number of anilines is 1. The summed E-state index contributed by atoms with van der Waals surface area (Å²) in [5.74, 6) is -0.490. The number of aromatic nitrogens is 2. The molecule has 0 saturated carbocycles. The number of amides is 1.